The lowest BCUT2D eigenvalue weighted by Crippen LogP contribution is -2.61. The molecule has 1 aliphatic heterocycles. The third kappa shape index (κ3) is 9.42. The van der Waals surface area contributed by atoms with Crippen LogP contribution in [0.3, 0.4) is 0 Å². The Morgan fingerprint density at radius 3 is 1.39 bits per heavy atom. The van der Waals surface area contributed by atoms with Crippen LogP contribution in [0.4, 0.5) is 0 Å². The first-order valence-corrected chi connectivity index (χ1v) is 15.4. The van der Waals surface area contributed by atoms with Gasteiger partial charge in [-0.05, 0) is 28.7 Å². The molecule has 1 aliphatic rings. The van der Waals surface area contributed by atoms with Crippen LogP contribution in [0.25, 0.3) is 0 Å². The van der Waals surface area contributed by atoms with Gasteiger partial charge in [-0.25, -0.2) is 0 Å². The van der Waals surface area contributed by atoms with E-state index in [0.717, 1.165) is 28.5 Å². The Bertz CT molecular complexity index is 1350. The molecule has 6 nitrogen and oxygen atoms in total. The van der Waals surface area contributed by atoms with Crippen LogP contribution < -0.4 is 0 Å². The maximum Gasteiger partial charge on any atom is 0.122 e. The standard InChI is InChI=1S/C38H42O6/c1-29(23-39)22-34-36(41-25-31-16-8-3-9-17-31)38(43-27-33-20-12-5-13-21-33)37(42-26-32-18-10-4-11-19-32)35(44-34)28-40-24-30-14-6-2-7-15-30/h2-21,23,29,34-38H,22,24-28H2,1H3/t29-,34+,35-,36+,37+,38-/m1/s1. The number of ether oxygens (including phenoxy) is 5. The highest BCUT2D eigenvalue weighted by molar-refractivity contribution is 5.52. The van der Waals surface area contributed by atoms with E-state index in [1.54, 1.807) is 0 Å². The Balaban J connectivity index is 1.43. The third-order valence-corrected chi connectivity index (χ3v) is 7.82. The molecule has 0 bridgehead atoms. The van der Waals surface area contributed by atoms with Gasteiger partial charge in [-0.1, -0.05) is 128 Å². The smallest absolute Gasteiger partial charge is 0.122 e. The van der Waals surface area contributed by atoms with Gasteiger partial charge in [0, 0.05) is 5.92 Å². The molecule has 0 N–H and O–H groups in total. The highest BCUT2D eigenvalue weighted by atomic mass is 16.6. The minimum atomic E-state index is -0.488. The van der Waals surface area contributed by atoms with Gasteiger partial charge in [0.2, 0.25) is 0 Å². The van der Waals surface area contributed by atoms with Crippen molar-refractivity contribution in [1.82, 2.24) is 0 Å². The maximum absolute atomic E-state index is 11.8. The summed E-state index contributed by atoms with van der Waals surface area (Å²) in [5, 5.41) is 0. The molecule has 0 unspecified atom stereocenters. The normalized spacial score (nSPS) is 22.3. The van der Waals surface area contributed by atoms with E-state index < -0.39 is 30.5 Å². The van der Waals surface area contributed by atoms with Crippen molar-refractivity contribution in [2.75, 3.05) is 6.61 Å². The van der Waals surface area contributed by atoms with Gasteiger partial charge in [0.1, 0.15) is 30.7 Å². The number of carbonyl (C=O) groups excluding carboxylic acids is 1. The van der Waals surface area contributed by atoms with Gasteiger partial charge >= 0.3 is 0 Å². The van der Waals surface area contributed by atoms with Gasteiger partial charge in [-0.3, -0.25) is 0 Å². The summed E-state index contributed by atoms with van der Waals surface area (Å²) >= 11 is 0. The van der Waals surface area contributed by atoms with E-state index in [2.05, 4.69) is 0 Å². The Morgan fingerprint density at radius 2 is 0.955 bits per heavy atom. The van der Waals surface area contributed by atoms with E-state index in [1.807, 2.05) is 128 Å². The summed E-state index contributed by atoms with van der Waals surface area (Å²) in [5.41, 5.74) is 4.23. The maximum atomic E-state index is 11.8. The average molecular weight is 595 g/mol. The highest BCUT2D eigenvalue weighted by Crippen LogP contribution is 2.33. The fourth-order valence-electron chi connectivity index (χ4n) is 5.50. The molecule has 44 heavy (non-hydrogen) atoms. The first-order valence-electron chi connectivity index (χ1n) is 15.4. The van der Waals surface area contributed by atoms with Gasteiger partial charge in [0.25, 0.3) is 0 Å². The van der Waals surface area contributed by atoms with Gasteiger partial charge in [0.15, 0.2) is 0 Å². The topological polar surface area (TPSA) is 63.2 Å². The van der Waals surface area contributed by atoms with Crippen molar-refractivity contribution in [3.05, 3.63) is 144 Å². The molecule has 5 rings (SSSR count). The molecular weight excluding hydrogens is 552 g/mol. The van der Waals surface area contributed by atoms with Crippen molar-refractivity contribution >= 4 is 6.29 Å². The molecule has 6 atom stereocenters. The van der Waals surface area contributed by atoms with Gasteiger partial charge in [-0.2, -0.15) is 0 Å². The Labute approximate surface area is 260 Å². The molecule has 230 valence electrons. The summed E-state index contributed by atoms with van der Waals surface area (Å²) in [7, 11) is 0. The van der Waals surface area contributed by atoms with E-state index in [-0.39, 0.29) is 5.92 Å². The number of hydrogen-bond donors (Lipinski definition) is 0. The van der Waals surface area contributed by atoms with E-state index in [9.17, 15) is 4.79 Å². The van der Waals surface area contributed by atoms with Crippen LogP contribution in [-0.2, 0) is 54.9 Å². The van der Waals surface area contributed by atoms with Crippen molar-refractivity contribution in [2.45, 2.75) is 70.3 Å². The lowest BCUT2D eigenvalue weighted by Gasteiger charge is -2.46. The van der Waals surface area contributed by atoms with Crippen LogP contribution >= 0.6 is 0 Å². The van der Waals surface area contributed by atoms with E-state index >= 15 is 0 Å². The zero-order chi connectivity index (χ0) is 30.4. The lowest BCUT2D eigenvalue weighted by molar-refractivity contribution is -0.274. The predicted molar refractivity (Wildman–Crippen MR) is 170 cm³/mol. The number of hydrogen-bond acceptors (Lipinski definition) is 6. The summed E-state index contributed by atoms with van der Waals surface area (Å²) in [5.74, 6) is -0.217. The quantitative estimate of drug-likeness (QED) is 0.131. The zero-order valence-corrected chi connectivity index (χ0v) is 25.3. The van der Waals surface area contributed by atoms with Crippen LogP contribution in [0.1, 0.15) is 35.6 Å². The van der Waals surface area contributed by atoms with Gasteiger partial charge in [0.05, 0.1) is 39.1 Å². The van der Waals surface area contributed by atoms with Crippen LogP contribution in [0.15, 0.2) is 121 Å². The number of aldehydes is 1. The Kier molecular flexibility index (Phi) is 12.3. The monoisotopic (exact) mass is 594 g/mol. The fraction of sp³-hybridized carbons (Fsp3) is 0.342. The number of carbonyl (C=O) groups is 1. The molecular formula is C38H42O6. The molecule has 1 saturated heterocycles. The van der Waals surface area contributed by atoms with Crippen molar-refractivity contribution in [1.29, 1.82) is 0 Å². The first kappa shape index (κ1) is 31.8. The molecule has 1 fully saturated rings. The molecule has 1 heterocycles. The molecule has 4 aromatic carbocycles. The molecule has 4 aromatic rings. The Hall–Kier alpha value is -3.65. The summed E-state index contributed by atoms with van der Waals surface area (Å²) < 4.78 is 33.0. The van der Waals surface area contributed by atoms with Crippen molar-refractivity contribution in [3.8, 4) is 0 Å². The summed E-state index contributed by atoms with van der Waals surface area (Å²) in [4.78, 5) is 11.8. The van der Waals surface area contributed by atoms with Crippen molar-refractivity contribution in [2.24, 2.45) is 5.92 Å². The molecule has 0 saturated carbocycles. The van der Waals surface area contributed by atoms with Crippen LogP contribution in [0.5, 0.6) is 0 Å². The van der Waals surface area contributed by atoms with Crippen LogP contribution in [0.2, 0.25) is 0 Å². The second-order valence-corrected chi connectivity index (χ2v) is 11.3. The van der Waals surface area contributed by atoms with Gasteiger partial charge < -0.3 is 28.5 Å². The predicted octanol–water partition coefficient (Wildman–Crippen LogP) is 6.95. The second kappa shape index (κ2) is 17.0. The van der Waals surface area contributed by atoms with Crippen LogP contribution in [-0.4, -0.2) is 43.4 Å². The minimum absolute atomic E-state index is 0.217. The highest BCUT2D eigenvalue weighted by Gasteiger charge is 2.48. The Morgan fingerprint density at radius 1 is 0.568 bits per heavy atom. The van der Waals surface area contributed by atoms with Gasteiger partial charge in [-0.15, -0.1) is 0 Å². The van der Waals surface area contributed by atoms with Crippen molar-refractivity contribution < 1.29 is 28.5 Å². The number of rotatable bonds is 16. The van der Waals surface area contributed by atoms with Crippen LogP contribution in [0, 0.1) is 5.92 Å². The first-order chi connectivity index (χ1) is 21.7. The summed E-state index contributed by atoms with van der Waals surface area (Å²) in [6.07, 6.45) is -0.827. The molecule has 0 radical (unpaired) electrons. The average Bonchev–Trinajstić information content (AvgIpc) is 3.08. The molecule has 6 heteroatoms. The summed E-state index contributed by atoms with van der Waals surface area (Å²) in [6, 6.07) is 40.3. The summed E-state index contributed by atoms with van der Waals surface area (Å²) in [6.45, 7) is 3.81. The largest absolute Gasteiger partial charge is 0.374 e. The second-order valence-electron chi connectivity index (χ2n) is 11.3. The van der Waals surface area contributed by atoms with E-state index in [0.29, 0.717) is 39.5 Å². The van der Waals surface area contributed by atoms with Crippen molar-refractivity contribution in [3.63, 3.8) is 0 Å². The SMILES string of the molecule is C[C@@H](C=O)C[C@@H]1O[C@H](COCc2ccccc2)[C@H](OCc2ccccc2)[C@H](OCc2ccccc2)[C@H]1OCc1ccccc1. The molecule has 0 spiro atoms. The molecule has 0 aromatic heterocycles. The van der Waals surface area contributed by atoms with E-state index in [4.69, 9.17) is 23.7 Å². The minimum Gasteiger partial charge on any atom is -0.374 e. The third-order valence-electron chi connectivity index (χ3n) is 7.82. The van der Waals surface area contributed by atoms with E-state index in [1.165, 1.54) is 0 Å². The zero-order valence-electron chi connectivity index (χ0n) is 25.3. The molecule has 0 aliphatic carbocycles. The number of benzene rings is 4. The molecule has 0 amide bonds. The fourth-order valence-corrected chi connectivity index (χ4v) is 5.50. The lowest BCUT2D eigenvalue weighted by atomic mass is 9.89.